The highest BCUT2D eigenvalue weighted by molar-refractivity contribution is 6.30. The van der Waals surface area contributed by atoms with Crippen molar-refractivity contribution in [3.63, 3.8) is 0 Å². The topological polar surface area (TPSA) is 32.3 Å². The first-order valence-electron chi connectivity index (χ1n) is 5.65. The SMILES string of the molecule is OC[C@H]1C=C[C@@H](NCc2ccc(Cl)c(F)c2)C1. The molecule has 4 heteroatoms. The van der Waals surface area contributed by atoms with E-state index >= 15 is 0 Å². The zero-order chi connectivity index (χ0) is 12.3. The van der Waals surface area contributed by atoms with Crippen LogP contribution in [0.3, 0.4) is 0 Å². The summed E-state index contributed by atoms with van der Waals surface area (Å²) < 4.78 is 13.2. The Kier molecular flexibility index (Phi) is 4.15. The van der Waals surface area contributed by atoms with Crippen LogP contribution in [0.25, 0.3) is 0 Å². The van der Waals surface area contributed by atoms with Crippen molar-refractivity contribution in [2.75, 3.05) is 6.61 Å². The van der Waals surface area contributed by atoms with E-state index in [1.165, 1.54) is 6.07 Å². The van der Waals surface area contributed by atoms with Gasteiger partial charge < -0.3 is 10.4 Å². The second-order valence-electron chi connectivity index (χ2n) is 4.30. The summed E-state index contributed by atoms with van der Waals surface area (Å²) >= 11 is 5.61. The van der Waals surface area contributed by atoms with Gasteiger partial charge in [0.25, 0.3) is 0 Å². The Bertz CT molecular complexity index is 422. The molecule has 2 rings (SSSR count). The molecule has 0 unspecified atom stereocenters. The van der Waals surface area contributed by atoms with Crippen LogP contribution >= 0.6 is 11.6 Å². The van der Waals surface area contributed by atoms with Gasteiger partial charge in [-0.2, -0.15) is 0 Å². The van der Waals surface area contributed by atoms with Crippen molar-refractivity contribution >= 4 is 11.6 Å². The molecular weight excluding hydrogens is 241 g/mol. The van der Waals surface area contributed by atoms with Gasteiger partial charge >= 0.3 is 0 Å². The number of halogens is 2. The second-order valence-corrected chi connectivity index (χ2v) is 4.71. The first kappa shape index (κ1) is 12.6. The molecule has 0 aromatic heterocycles. The summed E-state index contributed by atoms with van der Waals surface area (Å²) in [6.45, 7) is 0.783. The smallest absolute Gasteiger partial charge is 0.142 e. The molecule has 1 aromatic rings. The second kappa shape index (κ2) is 5.63. The largest absolute Gasteiger partial charge is 0.396 e. The number of hydrogen-bond acceptors (Lipinski definition) is 2. The minimum atomic E-state index is -0.388. The van der Waals surface area contributed by atoms with Crippen molar-refractivity contribution in [2.45, 2.75) is 19.0 Å². The Hall–Kier alpha value is -0.900. The normalized spacial score (nSPS) is 23.2. The number of nitrogens with one attached hydrogen (secondary N) is 1. The molecule has 0 fully saturated rings. The highest BCUT2D eigenvalue weighted by atomic mass is 35.5. The van der Waals surface area contributed by atoms with Crippen LogP contribution in [0.1, 0.15) is 12.0 Å². The van der Waals surface area contributed by atoms with Crippen LogP contribution in [0, 0.1) is 11.7 Å². The lowest BCUT2D eigenvalue weighted by Crippen LogP contribution is -2.26. The number of hydrogen-bond donors (Lipinski definition) is 2. The average Bonchev–Trinajstić information content (AvgIpc) is 2.79. The minimum absolute atomic E-state index is 0.148. The van der Waals surface area contributed by atoms with Gasteiger partial charge in [-0.05, 0) is 24.1 Å². The fraction of sp³-hybridized carbons (Fsp3) is 0.385. The first-order valence-corrected chi connectivity index (χ1v) is 6.03. The highest BCUT2D eigenvalue weighted by Gasteiger charge is 2.17. The molecule has 1 aliphatic rings. The maximum atomic E-state index is 13.2. The zero-order valence-electron chi connectivity index (χ0n) is 9.37. The van der Waals surface area contributed by atoms with E-state index < -0.39 is 0 Å². The molecule has 2 N–H and O–H groups in total. The van der Waals surface area contributed by atoms with Crippen molar-refractivity contribution in [2.24, 2.45) is 5.92 Å². The molecular formula is C13H15ClFNO. The standard InChI is InChI=1S/C13H15ClFNO/c14-12-4-2-9(6-13(12)15)7-16-11-3-1-10(5-11)8-17/h1-4,6,10-11,16-17H,5,7-8H2/t10-,11+/m0/s1. The zero-order valence-corrected chi connectivity index (χ0v) is 10.1. The third-order valence-electron chi connectivity index (χ3n) is 2.96. The van der Waals surface area contributed by atoms with Crippen LogP contribution in [0.2, 0.25) is 5.02 Å². The van der Waals surface area contributed by atoms with E-state index in [9.17, 15) is 4.39 Å². The summed E-state index contributed by atoms with van der Waals surface area (Å²) in [6.07, 6.45) is 4.96. The number of aliphatic hydroxyl groups excluding tert-OH is 1. The molecule has 0 saturated heterocycles. The van der Waals surface area contributed by atoms with Gasteiger partial charge in [-0.3, -0.25) is 0 Å². The molecule has 1 aliphatic carbocycles. The third kappa shape index (κ3) is 3.28. The van der Waals surface area contributed by atoms with E-state index in [2.05, 4.69) is 5.32 Å². The average molecular weight is 256 g/mol. The summed E-state index contributed by atoms with van der Waals surface area (Å²) in [6, 6.07) is 5.07. The molecule has 17 heavy (non-hydrogen) atoms. The van der Waals surface area contributed by atoms with Crippen molar-refractivity contribution < 1.29 is 9.50 Å². The molecule has 0 bridgehead atoms. The van der Waals surface area contributed by atoms with Crippen LogP contribution in [0.4, 0.5) is 4.39 Å². The first-order chi connectivity index (χ1) is 8.19. The van der Waals surface area contributed by atoms with Crippen LogP contribution in [-0.2, 0) is 6.54 Å². The predicted octanol–water partition coefficient (Wildman–Crippen LogP) is 2.51. The van der Waals surface area contributed by atoms with E-state index in [1.54, 1.807) is 12.1 Å². The molecule has 0 heterocycles. The number of rotatable bonds is 4. The Morgan fingerprint density at radius 2 is 2.24 bits per heavy atom. The highest BCUT2D eigenvalue weighted by Crippen LogP contribution is 2.18. The Morgan fingerprint density at radius 3 is 2.88 bits per heavy atom. The van der Waals surface area contributed by atoms with E-state index in [-0.39, 0.29) is 29.4 Å². The van der Waals surface area contributed by atoms with Gasteiger partial charge in [-0.15, -0.1) is 0 Å². The Balaban J connectivity index is 1.86. The van der Waals surface area contributed by atoms with Crippen molar-refractivity contribution in [1.82, 2.24) is 5.32 Å². The quantitative estimate of drug-likeness (QED) is 0.811. The summed E-state index contributed by atoms with van der Waals surface area (Å²) in [5.41, 5.74) is 0.868. The molecule has 92 valence electrons. The van der Waals surface area contributed by atoms with Crippen molar-refractivity contribution in [3.05, 3.63) is 46.8 Å². The molecule has 0 aliphatic heterocycles. The monoisotopic (exact) mass is 255 g/mol. The van der Waals surface area contributed by atoms with Gasteiger partial charge in [0.2, 0.25) is 0 Å². The Labute approximate surface area is 105 Å². The van der Waals surface area contributed by atoms with Gasteiger partial charge in [-0.25, -0.2) is 4.39 Å². The van der Waals surface area contributed by atoms with Gasteiger partial charge in [0.15, 0.2) is 0 Å². The minimum Gasteiger partial charge on any atom is -0.396 e. The lowest BCUT2D eigenvalue weighted by Gasteiger charge is -2.12. The number of benzene rings is 1. The molecule has 0 saturated carbocycles. The summed E-state index contributed by atoms with van der Waals surface area (Å²) in [7, 11) is 0. The van der Waals surface area contributed by atoms with Crippen LogP contribution < -0.4 is 5.32 Å². The fourth-order valence-electron chi connectivity index (χ4n) is 1.96. The van der Waals surface area contributed by atoms with Crippen molar-refractivity contribution in [3.8, 4) is 0 Å². The molecule has 0 radical (unpaired) electrons. The van der Waals surface area contributed by atoms with E-state index in [0.717, 1.165) is 12.0 Å². The van der Waals surface area contributed by atoms with E-state index in [4.69, 9.17) is 16.7 Å². The lowest BCUT2D eigenvalue weighted by molar-refractivity contribution is 0.246. The maximum absolute atomic E-state index is 13.2. The van der Waals surface area contributed by atoms with Crippen LogP contribution in [-0.4, -0.2) is 17.8 Å². The third-order valence-corrected chi connectivity index (χ3v) is 3.27. The van der Waals surface area contributed by atoms with E-state index in [1.807, 2.05) is 12.2 Å². The molecule has 0 amide bonds. The lowest BCUT2D eigenvalue weighted by atomic mass is 10.1. The Morgan fingerprint density at radius 1 is 1.41 bits per heavy atom. The van der Waals surface area contributed by atoms with Crippen molar-refractivity contribution in [1.29, 1.82) is 0 Å². The van der Waals surface area contributed by atoms with Gasteiger partial charge in [-0.1, -0.05) is 29.8 Å². The molecule has 0 spiro atoms. The molecule has 2 nitrogen and oxygen atoms in total. The van der Waals surface area contributed by atoms with E-state index in [0.29, 0.717) is 6.54 Å². The number of aliphatic hydroxyl groups is 1. The fourth-order valence-corrected chi connectivity index (χ4v) is 2.08. The van der Waals surface area contributed by atoms with Crippen LogP contribution in [0.15, 0.2) is 30.4 Å². The predicted molar refractivity (Wildman–Crippen MR) is 66.4 cm³/mol. The summed E-state index contributed by atoms with van der Waals surface area (Å²) in [5, 5.41) is 12.4. The van der Waals surface area contributed by atoms with Gasteiger partial charge in [0.05, 0.1) is 5.02 Å². The molecule has 2 atom stereocenters. The maximum Gasteiger partial charge on any atom is 0.142 e. The summed E-state index contributed by atoms with van der Waals surface area (Å²) in [4.78, 5) is 0. The van der Waals surface area contributed by atoms with Gasteiger partial charge in [0, 0.05) is 25.1 Å². The van der Waals surface area contributed by atoms with Gasteiger partial charge in [0.1, 0.15) is 5.82 Å². The van der Waals surface area contributed by atoms with Crippen LogP contribution in [0.5, 0.6) is 0 Å². The molecule has 1 aromatic carbocycles. The summed E-state index contributed by atoms with van der Waals surface area (Å²) in [5.74, 6) is -0.143.